The molecule has 1 saturated heterocycles. The van der Waals surface area contributed by atoms with Gasteiger partial charge in [-0.1, -0.05) is 6.07 Å². The van der Waals surface area contributed by atoms with E-state index >= 15 is 0 Å². The number of piperidine rings is 1. The molecular weight excluding hydrogens is 314 g/mol. The Hall–Kier alpha value is -2.05. The van der Waals surface area contributed by atoms with Crippen molar-refractivity contribution < 1.29 is 18.6 Å². The minimum absolute atomic E-state index is 0.368. The zero-order valence-corrected chi connectivity index (χ0v) is 13.5. The van der Waals surface area contributed by atoms with Gasteiger partial charge in [-0.25, -0.2) is 8.78 Å². The van der Waals surface area contributed by atoms with Crippen LogP contribution in [0.25, 0.3) is 0 Å². The van der Waals surface area contributed by atoms with Gasteiger partial charge in [0.05, 0.1) is 11.9 Å². The van der Waals surface area contributed by atoms with Gasteiger partial charge in [0.2, 0.25) is 0 Å². The van der Waals surface area contributed by atoms with Crippen molar-refractivity contribution in [3.8, 4) is 5.75 Å². The topological polar surface area (TPSA) is 45.6 Å². The normalized spacial score (nSPS) is 24.8. The van der Waals surface area contributed by atoms with Gasteiger partial charge in [0.15, 0.2) is 0 Å². The second-order valence-corrected chi connectivity index (χ2v) is 6.39. The number of aliphatic hydroxyl groups is 1. The van der Waals surface area contributed by atoms with Gasteiger partial charge in [-0.3, -0.25) is 9.88 Å². The lowest BCUT2D eigenvalue weighted by atomic mass is 9.91. The fourth-order valence-corrected chi connectivity index (χ4v) is 3.00. The van der Waals surface area contributed by atoms with Crippen molar-refractivity contribution in [3.63, 3.8) is 0 Å². The van der Waals surface area contributed by atoms with Crippen LogP contribution in [0.3, 0.4) is 0 Å². The van der Waals surface area contributed by atoms with Gasteiger partial charge in [-0.05, 0) is 37.6 Å². The molecule has 0 radical (unpaired) electrons. The highest BCUT2D eigenvalue weighted by Gasteiger charge is 2.39. The van der Waals surface area contributed by atoms with E-state index in [1.807, 2.05) is 4.90 Å². The first-order valence-electron chi connectivity index (χ1n) is 7.90. The number of hydrogen-bond donors (Lipinski definition) is 1. The smallest absolute Gasteiger partial charge is 0.141 e. The van der Waals surface area contributed by atoms with Crippen molar-refractivity contribution >= 4 is 0 Å². The fraction of sp³-hybridized carbons (Fsp3) is 0.389. The molecule has 1 aromatic heterocycles. The lowest BCUT2D eigenvalue weighted by Gasteiger charge is -2.42. The summed E-state index contributed by atoms with van der Waals surface area (Å²) < 4.78 is 32.0. The maximum absolute atomic E-state index is 13.3. The molecule has 2 heterocycles. The van der Waals surface area contributed by atoms with E-state index in [4.69, 9.17) is 4.74 Å². The highest BCUT2D eigenvalue weighted by Crippen LogP contribution is 2.27. The third-order valence-electron chi connectivity index (χ3n) is 4.19. The molecule has 0 bridgehead atoms. The summed E-state index contributed by atoms with van der Waals surface area (Å²) in [5, 5.41) is 10.7. The van der Waals surface area contributed by atoms with E-state index in [9.17, 15) is 13.9 Å². The molecule has 1 aliphatic heterocycles. The van der Waals surface area contributed by atoms with E-state index in [0.29, 0.717) is 31.8 Å². The van der Waals surface area contributed by atoms with Gasteiger partial charge >= 0.3 is 0 Å². The van der Waals surface area contributed by atoms with E-state index in [2.05, 4.69) is 4.98 Å². The zero-order valence-electron chi connectivity index (χ0n) is 13.5. The Bertz CT molecular complexity index is 692. The summed E-state index contributed by atoms with van der Waals surface area (Å²) in [5.41, 5.74) is -0.332. The second kappa shape index (κ2) is 6.83. The van der Waals surface area contributed by atoms with Gasteiger partial charge in [0.1, 0.15) is 29.1 Å². The number of nitrogens with zero attached hydrogens (tertiary/aromatic N) is 2. The van der Waals surface area contributed by atoms with Crippen molar-refractivity contribution in [2.75, 3.05) is 13.1 Å². The minimum Gasteiger partial charge on any atom is -0.487 e. The van der Waals surface area contributed by atoms with Gasteiger partial charge in [-0.15, -0.1) is 0 Å². The van der Waals surface area contributed by atoms with Crippen LogP contribution in [0.15, 0.2) is 42.6 Å². The van der Waals surface area contributed by atoms with Crippen molar-refractivity contribution in [1.82, 2.24) is 9.88 Å². The first kappa shape index (κ1) is 16.8. The van der Waals surface area contributed by atoms with Crippen LogP contribution in [-0.4, -0.2) is 39.8 Å². The molecule has 0 saturated carbocycles. The summed E-state index contributed by atoms with van der Waals surface area (Å²) in [4.78, 5) is 6.09. The summed E-state index contributed by atoms with van der Waals surface area (Å²) in [6, 6.07) is 8.93. The number of hydrogen-bond acceptors (Lipinski definition) is 4. The minimum atomic E-state index is -1.08. The lowest BCUT2D eigenvalue weighted by molar-refractivity contribution is -0.0995. The molecule has 6 heteroatoms. The van der Waals surface area contributed by atoms with Crippen molar-refractivity contribution in [3.05, 3.63) is 59.9 Å². The van der Waals surface area contributed by atoms with E-state index in [-0.39, 0.29) is 11.6 Å². The van der Waals surface area contributed by atoms with Crippen LogP contribution >= 0.6 is 0 Å². The number of ether oxygens (including phenoxy) is 1. The van der Waals surface area contributed by atoms with E-state index in [0.717, 1.165) is 5.69 Å². The first-order chi connectivity index (χ1) is 11.4. The summed E-state index contributed by atoms with van der Waals surface area (Å²) in [6.07, 6.45) is 1.37. The molecule has 4 nitrogen and oxygen atoms in total. The Morgan fingerprint density at radius 1 is 1.29 bits per heavy atom. The zero-order chi connectivity index (χ0) is 17.2. The van der Waals surface area contributed by atoms with Crippen LogP contribution in [-0.2, 0) is 6.54 Å². The number of pyridine rings is 1. The molecule has 3 rings (SSSR count). The Labute approximate surface area is 139 Å². The van der Waals surface area contributed by atoms with Crippen LogP contribution in [0.5, 0.6) is 5.75 Å². The average Bonchev–Trinajstić information content (AvgIpc) is 2.52. The van der Waals surface area contributed by atoms with Crippen LogP contribution in [0.1, 0.15) is 19.0 Å². The summed E-state index contributed by atoms with van der Waals surface area (Å²) in [5.74, 6) is -0.325. The first-order valence-corrected chi connectivity index (χ1v) is 7.90. The van der Waals surface area contributed by atoms with E-state index in [1.165, 1.54) is 24.4 Å². The summed E-state index contributed by atoms with van der Waals surface area (Å²) in [7, 11) is 0. The molecule has 24 heavy (non-hydrogen) atoms. The quantitative estimate of drug-likeness (QED) is 0.934. The average molecular weight is 334 g/mol. The Kier molecular flexibility index (Phi) is 4.78. The molecule has 0 aliphatic carbocycles. The number of benzene rings is 1. The molecule has 1 aromatic carbocycles. The molecule has 1 fully saturated rings. The van der Waals surface area contributed by atoms with Gasteiger partial charge in [0.25, 0.3) is 0 Å². The largest absolute Gasteiger partial charge is 0.487 e. The van der Waals surface area contributed by atoms with Crippen LogP contribution in [0, 0.1) is 11.6 Å². The Morgan fingerprint density at radius 2 is 2.12 bits per heavy atom. The molecule has 1 N–H and O–H groups in total. The number of rotatable bonds is 4. The van der Waals surface area contributed by atoms with E-state index < -0.39 is 11.7 Å². The summed E-state index contributed by atoms with van der Waals surface area (Å²) >= 11 is 0. The number of halogens is 2. The van der Waals surface area contributed by atoms with Gasteiger partial charge in [-0.2, -0.15) is 0 Å². The van der Waals surface area contributed by atoms with Crippen LogP contribution in [0.4, 0.5) is 8.78 Å². The Morgan fingerprint density at radius 3 is 2.79 bits per heavy atom. The monoisotopic (exact) mass is 334 g/mol. The maximum Gasteiger partial charge on any atom is 0.141 e. The van der Waals surface area contributed by atoms with Crippen molar-refractivity contribution in [1.29, 1.82) is 0 Å². The molecule has 0 amide bonds. The summed E-state index contributed by atoms with van der Waals surface area (Å²) in [6.45, 7) is 3.34. The van der Waals surface area contributed by atoms with Crippen LogP contribution in [0.2, 0.25) is 0 Å². The molecule has 0 unspecified atom stereocenters. The highest BCUT2D eigenvalue weighted by atomic mass is 19.1. The van der Waals surface area contributed by atoms with Crippen molar-refractivity contribution in [2.24, 2.45) is 0 Å². The maximum atomic E-state index is 13.3. The third kappa shape index (κ3) is 4.07. The highest BCUT2D eigenvalue weighted by molar-refractivity contribution is 5.23. The second-order valence-electron chi connectivity index (χ2n) is 6.39. The molecule has 2 atom stereocenters. The molecular formula is C18H20F2N2O2. The number of β-amino-alcohol motifs (C(OH)–C–C–N with tert-alkyl or cyclic N) is 1. The number of aromatic nitrogens is 1. The van der Waals surface area contributed by atoms with Crippen molar-refractivity contribution in [2.45, 2.75) is 31.6 Å². The van der Waals surface area contributed by atoms with Gasteiger partial charge in [0, 0.05) is 25.7 Å². The molecule has 128 valence electrons. The third-order valence-corrected chi connectivity index (χ3v) is 4.19. The van der Waals surface area contributed by atoms with Crippen LogP contribution < -0.4 is 4.74 Å². The molecule has 1 aliphatic rings. The molecule has 2 aromatic rings. The van der Waals surface area contributed by atoms with E-state index in [1.54, 1.807) is 25.1 Å². The molecule has 0 spiro atoms. The SMILES string of the molecule is C[C@]1(O)CN(Cc2ccc(F)cn2)CC[C@@H]1Oc1cccc(F)c1. The predicted octanol–water partition coefficient (Wildman–Crippen LogP) is 2.76. The Balaban J connectivity index is 1.62. The van der Waals surface area contributed by atoms with Gasteiger partial charge < -0.3 is 9.84 Å². The standard InChI is InChI=1S/C18H20F2N2O2/c1-18(23)12-22(11-15-6-5-14(20)10-21-15)8-7-17(18)24-16-4-2-3-13(19)9-16/h2-6,9-10,17,23H,7-8,11-12H2,1H3/t17-,18-/m0/s1. The number of likely N-dealkylation sites (tertiary alicyclic amines) is 1. The predicted molar refractivity (Wildman–Crippen MR) is 85.5 cm³/mol. The lowest BCUT2D eigenvalue weighted by Crippen LogP contribution is -2.56. The fourth-order valence-electron chi connectivity index (χ4n) is 3.00.